The average molecular weight is 326 g/mol. The van der Waals surface area contributed by atoms with Crippen LogP contribution in [0.5, 0.6) is 0 Å². The number of rotatable bonds is 2. The van der Waals surface area contributed by atoms with Gasteiger partial charge in [-0.2, -0.15) is 0 Å². The van der Waals surface area contributed by atoms with Crippen molar-refractivity contribution in [3.8, 4) is 0 Å². The molecule has 0 bridgehead atoms. The Balaban J connectivity index is 1.87. The van der Waals surface area contributed by atoms with Gasteiger partial charge in [-0.3, -0.25) is 4.79 Å². The lowest BCUT2D eigenvalue weighted by molar-refractivity contribution is -0.119. The number of alkyl halides is 1. The molecule has 108 valence electrons. The molecule has 0 aromatic heterocycles. The van der Waals surface area contributed by atoms with Crippen LogP contribution in [0, 0.1) is 0 Å². The molecule has 2 saturated heterocycles. The van der Waals surface area contributed by atoms with Gasteiger partial charge in [0.15, 0.2) is 14.9 Å². The number of nitrogens with one attached hydrogen (secondary N) is 1. The van der Waals surface area contributed by atoms with Gasteiger partial charge in [-0.25, -0.2) is 8.42 Å². The van der Waals surface area contributed by atoms with E-state index in [1.165, 1.54) is 0 Å². The number of nitrogens with zero attached hydrogens (tertiary/aromatic N) is 2. The first-order chi connectivity index (χ1) is 8.91. The Morgan fingerprint density at radius 1 is 1.26 bits per heavy atom. The molecule has 2 rings (SSSR count). The zero-order chi connectivity index (χ0) is 14.0. The van der Waals surface area contributed by atoms with E-state index in [9.17, 15) is 13.2 Å². The van der Waals surface area contributed by atoms with Gasteiger partial charge >= 0.3 is 0 Å². The van der Waals surface area contributed by atoms with Crippen molar-refractivity contribution in [1.82, 2.24) is 15.1 Å². The van der Waals surface area contributed by atoms with Gasteiger partial charge in [0, 0.05) is 26.2 Å². The highest BCUT2D eigenvalue weighted by Crippen LogP contribution is 2.18. The lowest BCUT2D eigenvalue weighted by Gasteiger charge is -2.35. The molecule has 0 aromatic rings. The van der Waals surface area contributed by atoms with Crippen LogP contribution in [0.25, 0.3) is 0 Å². The van der Waals surface area contributed by atoms with Crippen molar-refractivity contribution < 1.29 is 13.2 Å². The molecule has 6 nitrogen and oxygen atoms in total. The van der Waals surface area contributed by atoms with Gasteiger partial charge in [0.1, 0.15) is 0 Å². The second kappa shape index (κ2) is 5.80. The number of hydrogen-bond donors (Lipinski definition) is 1. The zero-order valence-electron chi connectivity index (χ0n) is 10.3. The highest BCUT2D eigenvalue weighted by Gasteiger charge is 2.37. The molecule has 9 heteroatoms. The summed E-state index contributed by atoms with van der Waals surface area (Å²) in [5, 5.41) is 3.09. The van der Waals surface area contributed by atoms with Gasteiger partial charge < -0.3 is 15.1 Å². The molecule has 2 unspecified atom stereocenters. The summed E-state index contributed by atoms with van der Waals surface area (Å²) >= 11 is 11.3. The molecule has 0 radical (unpaired) electrons. The van der Waals surface area contributed by atoms with Gasteiger partial charge in [-0.1, -0.05) is 0 Å². The van der Waals surface area contributed by atoms with E-state index in [0.29, 0.717) is 31.3 Å². The van der Waals surface area contributed by atoms with Gasteiger partial charge in [-0.15, -0.1) is 11.6 Å². The third-order valence-electron chi connectivity index (χ3n) is 3.34. The molecule has 1 amide bonds. The fourth-order valence-corrected chi connectivity index (χ4v) is 5.10. The zero-order valence-corrected chi connectivity index (χ0v) is 12.7. The van der Waals surface area contributed by atoms with E-state index in [4.69, 9.17) is 23.8 Å². The minimum atomic E-state index is -3.06. The normalized spacial score (nSPS) is 30.2. The Labute approximate surface area is 123 Å². The quantitative estimate of drug-likeness (QED) is 0.401. The number of amides is 1. The van der Waals surface area contributed by atoms with Crippen LogP contribution >= 0.6 is 23.8 Å². The van der Waals surface area contributed by atoms with Crippen LogP contribution in [0.1, 0.15) is 0 Å². The van der Waals surface area contributed by atoms with Crippen LogP contribution in [0.4, 0.5) is 0 Å². The number of carbonyl (C=O) groups excluding carboxylic acids is 1. The maximum Gasteiger partial charge on any atom is 0.209 e. The van der Waals surface area contributed by atoms with Gasteiger partial charge in [0.05, 0.1) is 22.9 Å². The van der Waals surface area contributed by atoms with Crippen LogP contribution in [0.3, 0.4) is 0 Å². The molecule has 2 fully saturated rings. The number of thiocarbonyl (C=S) groups is 1. The van der Waals surface area contributed by atoms with E-state index in [0.717, 1.165) is 6.41 Å². The van der Waals surface area contributed by atoms with Crippen LogP contribution in [0.2, 0.25) is 0 Å². The Morgan fingerprint density at radius 2 is 1.89 bits per heavy atom. The van der Waals surface area contributed by atoms with Crippen LogP contribution in [-0.2, 0) is 14.6 Å². The highest BCUT2D eigenvalue weighted by atomic mass is 35.5. The summed E-state index contributed by atoms with van der Waals surface area (Å²) in [6.45, 7) is 2.55. The van der Waals surface area contributed by atoms with E-state index in [-0.39, 0.29) is 17.5 Å². The van der Waals surface area contributed by atoms with Crippen molar-refractivity contribution in [2.24, 2.45) is 0 Å². The molecule has 2 heterocycles. The first kappa shape index (κ1) is 14.8. The van der Waals surface area contributed by atoms with Crippen molar-refractivity contribution in [1.29, 1.82) is 0 Å². The Kier molecular flexibility index (Phi) is 4.52. The lowest BCUT2D eigenvalue weighted by Crippen LogP contribution is -2.54. The largest absolute Gasteiger partial charge is 0.357 e. The van der Waals surface area contributed by atoms with E-state index < -0.39 is 15.2 Å². The molecule has 0 spiro atoms. The topological polar surface area (TPSA) is 69.7 Å². The SMILES string of the molecule is O=CN1CCN(C(=S)NC2CS(=O)(=O)CC2Cl)CC1. The molecular weight excluding hydrogens is 310 g/mol. The smallest absolute Gasteiger partial charge is 0.209 e. The number of halogens is 1. The van der Waals surface area contributed by atoms with Crippen LogP contribution in [0.15, 0.2) is 0 Å². The van der Waals surface area contributed by atoms with Crippen molar-refractivity contribution in [3.05, 3.63) is 0 Å². The predicted molar refractivity (Wildman–Crippen MR) is 77.0 cm³/mol. The number of hydrogen-bond acceptors (Lipinski definition) is 4. The monoisotopic (exact) mass is 325 g/mol. The molecule has 2 atom stereocenters. The molecule has 0 aromatic carbocycles. The summed E-state index contributed by atoms with van der Waals surface area (Å²) in [5.74, 6) is 0.0172. The van der Waals surface area contributed by atoms with E-state index in [1.807, 2.05) is 4.90 Å². The standard InChI is InChI=1S/C10H16ClN3O3S2/c11-8-5-19(16,17)6-9(8)12-10(18)14-3-1-13(7-15)2-4-14/h7-9H,1-6H2,(H,12,18). The molecule has 2 aliphatic heterocycles. The average Bonchev–Trinajstić information content (AvgIpc) is 2.62. The second-order valence-corrected chi connectivity index (χ2v) is 7.88. The lowest BCUT2D eigenvalue weighted by atomic mass is 10.2. The minimum Gasteiger partial charge on any atom is -0.357 e. The maximum atomic E-state index is 11.5. The van der Waals surface area contributed by atoms with Gasteiger partial charge in [-0.05, 0) is 12.2 Å². The molecule has 0 saturated carbocycles. The fraction of sp³-hybridized carbons (Fsp3) is 0.800. The van der Waals surface area contributed by atoms with Crippen molar-refractivity contribution in [2.75, 3.05) is 37.7 Å². The number of carbonyl (C=O) groups is 1. The van der Waals surface area contributed by atoms with Crippen molar-refractivity contribution >= 4 is 45.2 Å². The predicted octanol–water partition coefficient (Wildman–Crippen LogP) is -0.961. The number of sulfone groups is 1. The summed E-state index contributed by atoms with van der Waals surface area (Å²) in [6.07, 6.45) is 0.826. The third-order valence-corrected chi connectivity index (χ3v) is 6.09. The summed E-state index contributed by atoms with van der Waals surface area (Å²) in [5.41, 5.74) is 0. The first-order valence-electron chi connectivity index (χ1n) is 6.00. The van der Waals surface area contributed by atoms with Crippen LogP contribution < -0.4 is 5.32 Å². The first-order valence-corrected chi connectivity index (χ1v) is 8.67. The van der Waals surface area contributed by atoms with E-state index in [1.54, 1.807) is 4.90 Å². The minimum absolute atomic E-state index is 0.00620. The number of piperazine rings is 1. The van der Waals surface area contributed by atoms with E-state index in [2.05, 4.69) is 5.32 Å². The third kappa shape index (κ3) is 3.70. The van der Waals surface area contributed by atoms with E-state index >= 15 is 0 Å². The van der Waals surface area contributed by atoms with Crippen molar-refractivity contribution in [2.45, 2.75) is 11.4 Å². The maximum absolute atomic E-state index is 11.5. The Hall–Kier alpha value is -0.600. The van der Waals surface area contributed by atoms with Crippen molar-refractivity contribution in [3.63, 3.8) is 0 Å². The summed E-state index contributed by atoms with van der Waals surface area (Å²) in [7, 11) is -3.06. The van der Waals surface area contributed by atoms with Gasteiger partial charge in [0.2, 0.25) is 6.41 Å². The highest BCUT2D eigenvalue weighted by molar-refractivity contribution is 7.91. The molecule has 0 aliphatic carbocycles. The fourth-order valence-electron chi connectivity index (χ4n) is 2.22. The second-order valence-electron chi connectivity index (χ2n) is 4.78. The molecule has 19 heavy (non-hydrogen) atoms. The summed E-state index contributed by atoms with van der Waals surface area (Å²) in [4.78, 5) is 14.2. The van der Waals surface area contributed by atoms with Crippen LogP contribution in [-0.4, -0.2) is 78.8 Å². The molecule has 1 N–H and O–H groups in total. The molecule has 2 aliphatic rings. The Bertz CT molecular complexity index is 463. The summed E-state index contributed by atoms with van der Waals surface area (Å²) in [6, 6.07) is -0.330. The summed E-state index contributed by atoms with van der Waals surface area (Å²) < 4.78 is 22.9. The molecular formula is C10H16ClN3O3S2. The van der Waals surface area contributed by atoms with Gasteiger partial charge in [0.25, 0.3) is 0 Å². The Morgan fingerprint density at radius 3 is 2.37 bits per heavy atom.